The van der Waals surface area contributed by atoms with Gasteiger partial charge in [-0.25, -0.2) is 0 Å². The molecule has 0 saturated carbocycles. The summed E-state index contributed by atoms with van der Waals surface area (Å²) in [5.41, 5.74) is 3.94. The van der Waals surface area contributed by atoms with Crippen molar-refractivity contribution in [2.45, 2.75) is 0 Å². The molecule has 92 valence electrons. The van der Waals surface area contributed by atoms with Crippen LogP contribution in [0.2, 0.25) is 0 Å². The highest BCUT2D eigenvalue weighted by molar-refractivity contribution is 5.84. The second-order valence-corrected chi connectivity index (χ2v) is 3.57. The van der Waals surface area contributed by atoms with E-state index in [0.29, 0.717) is 5.56 Å². The molecular formula is C11H11N5O2. The van der Waals surface area contributed by atoms with Crippen molar-refractivity contribution in [1.82, 2.24) is 9.78 Å². The second kappa shape index (κ2) is 5.09. The predicted molar refractivity (Wildman–Crippen MR) is 67.5 cm³/mol. The van der Waals surface area contributed by atoms with Gasteiger partial charge >= 0.3 is 5.82 Å². The van der Waals surface area contributed by atoms with Crippen molar-refractivity contribution < 1.29 is 4.92 Å². The van der Waals surface area contributed by atoms with Gasteiger partial charge in [0.1, 0.15) is 5.56 Å². The molecule has 0 unspecified atom stereocenters. The van der Waals surface area contributed by atoms with E-state index in [9.17, 15) is 10.1 Å². The Hall–Kier alpha value is -2.70. The molecule has 0 amide bonds. The number of para-hydroxylation sites is 1. The molecule has 2 rings (SSSR count). The number of hydrazone groups is 1. The van der Waals surface area contributed by atoms with E-state index in [1.54, 1.807) is 7.05 Å². The van der Waals surface area contributed by atoms with Crippen LogP contribution in [0.25, 0.3) is 0 Å². The molecule has 1 aromatic carbocycles. The van der Waals surface area contributed by atoms with E-state index in [0.717, 1.165) is 5.69 Å². The van der Waals surface area contributed by atoms with Gasteiger partial charge < -0.3 is 10.1 Å². The Balaban J connectivity index is 2.12. The number of aromatic nitrogens is 2. The number of nitrogens with zero attached hydrogens (tertiary/aromatic N) is 4. The molecule has 7 heteroatoms. The molecule has 0 radical (unpaired) electrons. The summed E-state index contributed by atoms with van der Waals surface area (Å²) in [7, 11) is 1.62. The third-order valence-electron chi connectivity index (χ3n) is 2.18. The molecule has 1 N–H and O–H groups in total. The summed E-state index contributed by atoms with van der Waals surface area (Å²) in [5.74, 6) is -0.212. The lowest BCUT2D eigenvalue weighted by molar-refractivity contribution is -0.389. The topological polar surface area (TPSA) is 85.3 Å². The minimum atomic E-state index is -0.538. The van der Waals surface area contributed by atoms with Gasteiger partial charge in [-0.3, -0.25) is 5.43 Å². The summed E-state index contributed by atoms with van der Waals surface area (Å²) < 4.78 is 1.38. The average molecular weight is 245 g/mol. The van der Waals surface area contributed by atoms with Gasteiger partial charge in [-0.05, 0) is 17.1 Å². The first-order valence-corrected chi connectivity index (χ1v) is 5.19. The number of hydrogen-bond acceptors (Lipinski definition) is 5. The van der Waals surface area contributed by atoms with Gasteiger partial charge in [0, 0.05) is 0 Å². The van der Waals surface area contributed by atoms with E-state index in [4.69, 9.17) is 0 Å². The lowest BCUT2D eigenvalue weighted by Gasteiger charge is -1.97. The standard InChI is InChI=1S/C11H11N5O2/c1-15-8-9(11(14-15)16(17)18)7-12-13-10-5-3-2-4-6-10/h2-8,13H,1H3/b12-7-. The van der Waals surface area contributed by atoms with Crippen LogP contribution < -0.4 is 5.43 Å². The van der Waals surface area contributed by atoms with Crippen molar-refractivity contribution in [2.24, 2.45) is 12.1 Å². The number of nitrogens with one attached hydrogen (secondary N) is 1. The van der Waals surface area contributed by atoms with Gasteiger partial charge in [0.05, 0.1) is 30.2 Å². The monoisotopic (exact) mass is 245 g/mol. The zero-order valence-electron chi connectivity index (χ0n) is 9.65. The first-order valence-electron chi connectivity index (χ1n) is 5.19. The summed E-state index contributed by atoms with van der Waals surface area (Å²) in [4.78, 5) is 10.2. The Morgan fingerprint density at radius 2 is 2.17 bits per heavy atom. The Kier molecular flexibility index (Phi) is 3.33. The van der Waals surface area contributed by atoms with Crippen LogP contribution in [-0.4, -0.2) is 20.9 Å². The van der Waals surface area contributed by atoms with Crippen LogP contribution in [0.5, 0.6) is 0 Å². The van der Waals surface area contributed by atoms with Crippen LogP contribution >= 0.6 is 0 Å². The summed E-state index contributed by atoms with van der Waals surface area (Å²) >= 11 is 0. The van der Waals surface area contributed by atoms with E-state index in [1.807, 2.05) is 30.3 Å². The Bertz CT molecular complexity index is 576. The fourth-order valence-electron chi connectivity index (χ4n) is 1.42. The second-order valence-electron chi connectivity index (χ2n) is 3.57. The van der Waals surface area contributed by atoms with Crippen molar-refractivity contribution in [1.29, 1.82) is 0 Å². The van der Waals surface area contributed by atoms with Crippen molar-refractivity contribution in [3.8, 4) is 0 Å². The van der Waals surface area contributed by atoms with Crippen LogP contribution in [-0.2, 0) is 7.05 Å². The summed E-state index contributed by atoms with van der Waals surface area (Å²) in [6.45, 7) is 0. The first-order chi connectivity index (χ1) is 8.66. The zero-order valence-corrected chi connectivity index (χ0v) is 9.65. The Morgan fingerprint density at radius 1 is 1.44 bits per heavy atom. The van der Waals surface area contributed by atoms with E-state index in [2.05, 4.69) is 15.6 Å². The molecule has 0 fully saturated rings. The van der Waals surface area contributed by atoms with E-state index >= 15 is 0 Å². The zero-order chi connectivity index (χ0) is 13.0. The number of rotatable bonds is 4. The van der Waals surface area contributed by atoms with Crippen molar-refractivity contribution in [3.63, 3.8) is 0 Å². The van der Waals surface area contributed by atoms with E-state index in [-0.39, 0.29) is 5.82 Å². The van der Waals surface area contributed by atoms with Gasteiger partial charge in [-0.15, -0.1) is 0 Å². The van der Waals surface area contributed by atoms with Crippen molar-refractivity contribution in [3.05, 3.63) is 52.2 Å². The molecule has 1 aromatic heterocycles. The molecule has 7 nitrogen and oxygen atoms in total. The highest BCUT2D eigenvalue weighted by atomic mass is 16.6. The van der Waals surface area contributed by atoms with Gasteiger partial charge in [0.2, 0.25) is 0 Å². The first kappa shape index (κ1) is 11.8. The van der Waals surface area contributed by atoms with Crippen molar-refractivity contribution >= 4 is 17.7 Å². The highest BCUT2D eigenvalue weighted by Crippen LogP contribution is 2.12. The molecule has 0 spiro atoms. The van der Waals surface area contributed by atoms with Crippen LogP contribution in [0.15, 0.2) is 41.6 Å². The van der Waals surface area contributed by atoms with Gasteiger partial charge in [0.25, 0.3) is 0 Å². The summed E-state index contributed by atoms with van der Waals surface area (Å²) in [6.07, 6.45) is 2.91. The maximum absolute atomic E-state index is 10.7. The molecular weight excluding hydrogens is 234 g/mol. The third-order valence-corrected chi connectivity index (χ3v) is 2.18. The number of nitro groups is 1. The average Bonchev–Trinajstić information content (AvgIpc) is 2.72. The molecule has 0 aliphatic rings. The van der Waals surface area contributed by atoms with Crippen LogP contribution in [0.3, 0.4) is 0 Å². The largest absolute Gasteiger partial charge is 0.398 e. The SMILES string of the molecule is Cn1cc(/C=N\Nc2ccccc2)c([N+](=O)[O-])n1. The number of anilines is 1. The maximum atomic E-state index is 10.7. The molecule has 0 aliphatic carbocycles. The van der Waals surface area contributed by atoms with Crippen LogP contribution in [0.4, 0.5) is 11.5 Å². The maximum Gasteiger partial charge on any atom is 0.398 e. The summed E-state index contributed by atoms with van der Waals surface area (Å²) in [6, 6.07) is 9.31. The van der Waals surface area contributed by atoms with Crippen LogP contribution in [0, 0.1) is 10.1 Å². The highest BCUT2D eigenvalue weighted by Gasteiger charge is 2.17. The van der Waals surface area contributed by atoms with E-state index in [1.165, 1.54) is 17.1 Å². The normalized spacial score (nSPS) is 10.7. The molecule has 1 heterocycles. The number of aryl methyl sites for hydroxylation is 1. The Labute approximate surface area is 103 Å². The smallest absolute Gasteiger partial charge is 0.358 e. The molecule has 0 saturated heterocycles. The predicted octanol–water partition coefficient (Wildman–Crippen LogP) is 1.77. The number of benzene rings is 1. The quantitative estimate of drug-likeness (QED) is 0.505. The molecule has 0 aliphatic heterocycles. The third kappa shape index (κ3) is 2.70. The number of hydrogen-bond donors (Lipinski definition) is 1. The fraction of sp³-hybridized carbons (Fsp3) is 0.0909. The van der Waals surface area contributed by atoms with E-state index < -0.39 is 4.92 Å². The van der Waals surface area contributed by atoms with Crippen LogP contribution in [0.1, 0.15) is 5.56 Å². The van der Waals surface area contributed by atoms with Gasteiger partial charge in [0.15, 0.2) is 0 Å². The molecule has 18 heavy (non-hydrogen) atoms. The van der Waals surface area contributed by atoms with Gasteiger partial charge in [-0.1, -0.05) is 18.2 Å². The Morgan fingerprint density at radius 3 is 2.83 bits per heavy atom. The summed E-state index contributed by atoms with van der Waals surface area (Å²) in [5, 5.41) is 18.4. The van der Waals surface area contributed by atoms with Gasteiger partial charge in [-0.2, -0.15) is 9.78 Å². The lowest BCUT2D eigenvalue weighted by atomic mass is 10.3. The molecule has 2 aromatic rings. The minimum Gasteiger partial charge on any atom is -0.358 e. The lowest BCUT2D eigenvalue weighted by Crippen LogP contribution is -1.95. The minimum absolute atomic E-state index is 0.212. The van der Waals surface area contributed by atoms with Crippen molar-refractivity contribution in [2.75, 3.05) is 5.43 Å². The molecule has 0 bridgehead atoms. The molecule has 0 atom stereocenters. The fourth-order valence-corrected chi connectivity index (χ4v) is 1.42.